The first-order chi connectivity index (χ1) is 10.0. The van der Waals surface area contributed by atoms with E-state index < -0.39 is 15.8 Å². The number of rotatable bonds is 2. The molecule has 1 aromatic carbocycles. The van der Waals surface area contributed by atoms with E-state index >= 15 is 0 Å². The van der Waals surface area contributed by atoms with Crippen molar-refractivity contribution in [1.29, 1.82) is 0 Å². The van der Waals surface area contributed by atoms with Gasteiger partial charge < -0.3 is 0 Å². The highest BCUT2D eigenvalue weighted by molar-refractivity contribution is 7.90. The van der Waals surface area contributed by atoms with Crippen molar-refractivity contribution < 1.29 is 12.8 Å². The monoisotopic (exact) mass is 306 g/mol. The summed E-state index contributed by atoms with van der Waals surface area (Å²) < 4.78 is 41.7. The number of sulfonamides is 1. The fourth-order valence-electron chi connectivity index (χ4n) is 2.08. The topological polar surface area (TPSA) is 74.7 Å². The van der Waals surface area contributed by atoms with Gasteiger partial charge in [0.1, 0.15) is 16.4 Å². The molecule has 1 aliphatic heterocycles. The van der Waals surface area contributed by atoms with Gasteiger partial charge in [-0.2, -0.15) is 8.42 Å². The van der Waals surface area contributed by atoms with E-state index in [4.69, 9.17) is 0 Å². The highest BCUT2D eigenvalue weighted by Crippen LogP contribution is 2.32. The van der Waals surface area contributed by atoms with Crippen LogP contribution in [0.25, 0.3) is 0 Å². The summed E-state index contributed by atoms with van der Waals surface area (Å²) in [5.74, 6) is -0.442. The molecule has 0 aliphatic carbocycles. The molecule has 2 aromatic rings. The maximum atomic E-state index is 13.5. The number of aromatic nitrogens is 1. The molecule has 0 saturated carbocycles. The molecule has 0 atom stereocenters. The molecule has 0 bridgehead atoms. The highest BCUT2D eigenvalue weighted by atomic mass is 32.2. The second-order valence-corrected chi connectivity index (χ2v) is 5.85. The van der Waals surface area contributed by atoms with Crippen molar-refractivity contribution in [3.63, 3.8) is 0 Å². The Bertz CT molecular complexity index is 821. The minimum atomic E-state index is -3.90. The number of nitrogens with zero attached hydrogens (tertiary/aromatic N) is 3. The molecule has 3 rings (SSSR count). The maximum Gasteiger partial charge on any atom is 0.286 e. The fraction of sp³-hybridized carbons (Fsp3) is 0.0769. The second kappa shape index (κ2) is 4.90. The van der Waals surface area contributed by atoms with E-state index in [9.17, 15) is 12.8 Å². The molecule has 0 fully saturated rings. The van der Waals surface area contributed by atoms with E-state index in [1.54, 1.807) is 25.2 Å². The van der Waals surface area contributed by atoms with Crippen LogP contribution in [0.15, 0.2) is 51.9 Å². The van der Waals surface area contributed by atoms with Crippen molar-refractivity contribution in [3.05, 3.63) is 54.1 Å². The third kappa shape index (κ3) is 2.28. The highest BCUT2D eigenvalue weighted by Gasteiger charge is 2.32. The fourth-order valence-corrected chi connectivity index (χ4v) is 3.24. The Kier molecular flexibility index (Phi) is 3.19. The quantitative estimate of drug-likeness (QED) is 0.905. The molecule has 8 heteroatoms. The molecular weight excluding hydrogens is 295 g/mol. The van der Waals surface area contributed by atoms with Crippen LogP contribution in [0.3, 0.4) is 0 Å². The lowest BCUT2D eigenvalue weighted by molar-refractivity contribution is 0.594. The van der Waals surface area contributed by atoms with Gasteiger partial charge in [-0.15, -0.1) is 4.40 Å². The minimum Gasteiger partial charge on any atom is -0.256 e. The first-order valence-corrected chi connectivity index (χ1v) is 7.50. The minimum absolute atomic E-state index is 0.0575. The lowest BCUT2D eigenvalue weighted by Crippen LogP contribution is -2.44. The van der Waals surface area contributed by atoms with Gasteiger partial charge >= 0.3 is 0 Å². The Hall–Kier alpha value is -2.32. The van der Waals surface area contributed by atoms with Crippen LogP contribution >= 0.6 is 0 Å². The third-order valence-corrected chi connectivity index (χ3v) is 4.29. The summed E-state index contributed by atoms with van der Waals surface area (Å²) in [5, 5.41) is 1.39. The van der Waals surface area contributed by atoms with Gasteiger partial charge in [0.2, 0.25) is 0 Å². The summed E-state index contributed by atoms with van der Waals surface area (Å²) in [6, 6.07) is 8.48. The van der Waals surface area contributed by atoms with Crippen LogP contribution in [0, 0.1) is 5.82 Å². The van der Waals surface area contributed by atoms with Crippen molar-refractivity contribution in [2.24, 2.45) is 4.40 Å². The van der Waals surface area contributed by atoms with Gasteiger partial charge in [0.15, 0.2) is 5.84 Å². The van der Waals surface area contributed by atoms with Gasteiger partial charge in [0, 0.05) is 19.3 Å². The zero-order valence-electron chi connectivity index (χ0n) is 11.0. The molecule has 0 spiro atoms. The molecule has 2 heterocycles. The summed E-state index contributed by atoms with van der Waals surface area (Å²) in [4.78, 5) is 4.03. The Morgan fingerprint density at radius 3 is 2.71 bits per heavy atom. The molecule has 1 N–H and O–H groups in total. The van der Waals surface area contributed by atoms with Crippen molar-refractivity contribution in [1.82, 2.24) is 10.4 Å². The van der Waals surface area contributed by atoms with E-state index in [1.807, 2.05) is 0 Å². The van der Waals surface area contributed by atoms with E-state index in [2.05, 4.69) is 14.8 Å². The van der Waals surface area contributed by atoms with Crippen LogP contribution < -0.4 is 10.4 Å². The van der Waals surface area contributed by atoms with Gasteiger partial charge in [0.05, 0.1) is 5.69 Å². The van der Waals surface area contributed by atoms with Gasteiger partial charge in [0.25, 0.3) is 10.0 Å². The number of hydrogen-bond donors (Lipinski definition) is 1. The summed E-state index contributed by atoms with van der Waals surface area (Å²) in [6.45, 7) is 0. The largest absolute Gasteiger partial charge is 0.286 e. The van der Waals surface area contributed by atoms with E-state index in [1.165, 1.54) is 17.3 Å². The Morgan fingerprint density at radius 2 is 2.05 bits per heavy atom. The first kappa shape index (κ1) is 13.7. The van der Waals surface area contributed by atoms with Gasteiger partial charge in [-0.3, -0.25) is 9.99 Å². The van der Waals surface area contributed by atoms with Crippen LogP contribution in [0.5, 0.6) is 0 Å². The zero-order valence-corrected chi connectivity index (χ0v) is 11.8. The number of hydrazine groups is 1. The number of benzene rings is 1. The summed E-state index contributed by atoms with van der Waals surface area (Å²) in [7, 11) is -2.31. The van der Waals surface area contributed by atoms with E-state index in [-0.39, 0.29) is 16.4 Å². The van der Waals surface area contributed by atoms with E-state index in [0.29, 0.717) is 5.69 Å². The molecule has 0 radical (unpaired) electrons. The number of hydrogen-bond acceptors (Lipinski definition) is 5. The summed E-state index contributed by atoms with van der Waals surface area (Å²) in [5.41, 5.74) is 3.35. The summed E-state index contributed by atoms with van der Waals surface area (Å²) >= 11 is 0. The first-order valence-electron chi connectivity index (χ1n) is 6.06. The SMILES string of the molecule is CNN1C(c2ccccn2)=NS(=O)(=O)c2ccc(F)cc21. The normalized spacial score (nSPS) is 16.3. The van der Waals surface area contributed by atoms with Gasteiger partial charge in [-0.25, -0.2) is 9.82 Å². The lowest BCUT2D eigenvalue weighted by Gasteiger charge is -2.29. The molecule has 1 aromatic heterocycles. The molecule has 108 valence electrons. The van der Waals surface area contributed by atoms with Crippen LogP contribution in [-0.2, 0) is 10.0 Å². The molecular formula is C13H11FN4O2S. The number of amidine groups is 1. The predicted molar refractivity (Wildman–Crippen MR) is 75.9 cm³/mol. The molecule has 0 amide bonds. The number of fused-ring (bicyclic) bond motifs is 1. The molecule has 0 unspecified atom stereocenters. The molecule has 0 saturated heterocycles. The molecule has 1 aliphatic rings. The standard InChI is InChI=1S/C13H11FN4O2S/c1-15-18-11-8-9(14)5-6-12(11)21(19,20)17-13(18)10-4-2-3-7-16-10/h2-8,15H,1H3. The molecule has 21 heavy (non-hydrogen) atoms. The summed E-state index contributed by atoms with van der Waals surface area (Å²) in [6.07, 6.45) is 1.53. The van der Waals surface area contributed by atoms with Crippen molar-refractivity contribution in [2.75, 3.05) is 12.1 Å². The number of anilines is 1. The third-order valence-electron chi connectivity index (χ3n) is 2.98. The lowest BCUT2D eigenvalue weighted by atomic mass is 10.2. The molecule has 6 nitrogen and oxygen atoms in total. The van der Waals surface area contributed by atoms with Crippen LogP contribution in [0.4, 0.5) is 10.1 Å². The van der Waals surface area contributed by atoms with Crippen LogP contribution in [0.1, 0.15) is 5.69 Å². The van der Waals surface area contributed by atoms with E-state index in [0.717, 1.165) is 12.1 Å². The van der Waals surface area contributed by atoms with Crippen LogP contribution in [-0.4, -0.2) is 26.3 Å². The predicted octanol–water partition coefficient (Wildman–Crippen LogP) is 1.31. The Balaban J connectivity index is 2.26. The van der Waals surface area contributed by atoms with Crippen LogP contribution in [0.2, 0.25) is 0 Å². The number of pyridine rings is 1. The second-order valence-electron chi connectivity index (χ2n) is 4.28. The number of nitrogens with one attached hydrogen (secondary N) is 1. The number of halogens is 1. The Labute approximate surface area is 121 Å². The van der Waals surface area contributed by atoms with Gasteiger partial charge in [-0.1, -0.05) is 6.07 Å². The average Bonchev–Trinajstić information content (AvgIpc) is 2.47. The Morgan fingerprint density at radius 1 is 1.24 bits per heavy atom. The maximum absolute atomic E-state index is 13.5. The zero-order chi connectivity index (χ0) is 15.0. The smallest absolute Gasteiger partial charge is 0.256 e. The van der Waals surface area contributed by atoms with Crippen molar-refractivity contribution in [2.45, 2.75) is 4.90 Å². The van der Waals surface area contributed by atoms with Crippen molar-refractivity contribution in [3.8, 4) is 0 Å². The van der Waals surface area contributed by atoms with Crippen molar-refractivity contribution >= 4 is 21.5 Å². The average molecular weight is 306 g/mol. The van der Waals surface area contributed by atoms with Gasteiger partial charge in [-0.05, 0) is 24.3 Å².